The van der Waals surface area contributed by atoms with Gasteiger partial charge in [0.2, 0.25) is 0 Å². The largest absolute Gasteiger partial charge is 0.382 e. The lowest BCUT2D eigenvalue weighted by molar-refractivity contribution is -0.0877. The van der Waals surface area contributed by atoms with Gasteiger partial charge in [-0.1, -0.05) is 0 Å². The number of aliphatic hydroxyl groups is 1. The van der Waals surface area contributed by atoms with Crippen molar-refractivity contribution in [3.63, 3.8) is 0 Å². The number of amides is 1. The van der Waals surface area contributed by atoms with Crippen molar-refractivity contribution in [2.24, 2.45) is 0 Å². The molecule has 3 aromatic heterocycles. The van der Waals surface area contributed by atoms with Crippen LogP contribution in [-0.4, -0.2) is 48.2 Å². The van der Waals surface area contributed by atoms with Crippen molar-refractivity contribution < 1.29 is 9.90 Å². The highest BCUT2D eigenvalue weighted by molar-refractivity contribution is 7.13. The number of aromatic amines is 1. The molecule has 7 nitrogen and oxygen atoms in total. The summed E-state index contributed by atoms with van der Waals surface area (Å²) in [6.07, 6.45) is 10.8. The molecule has 2 bridgehead atoms. The third kappa shape index (κ3) is 2.93. The molecule has 5 rings (SSSR count). The predicted octanol–water partition coefficient (Wildman–Crippen LogP) is 2.97. The van der Waals surface area contributed by atoms with Gasteiger partial charge in [-0.2, -0.15) is 5.10 Å². The first-order valence-corrected chi connectivity index (χ1v) is 10.4. The van der Waals surface area contributed by atoms with Gasteiger partial charge in [0.05, 0.1) is 11.8 Å². The molecule has 5 heterocycles. The Morgan fingerprint density at radius 2 is 2.00 bits per heavy atom. The Morgan fingerprint density at radius 3 is 2.68 bits per heavy atom. The molecule has 0 radical (unpaired) electrons. The summed E-state index contributed by atoms with van der Waals surface area (Å²) in [4.78, 5) is 24.9. The number of nitrogens with zero attached hydrogens (tertiary/aromatic N) is 4. The molecule has 28 heavy (non-hydrogen) atoms. The van der Waals surface area contributed by atoms with Crippen molar-refractivity contribution in [2.75, 3.05) is 0 Å². The quantitative estimate of drug-likeness (QED) is 0.711. The van der Waals surface area contributed by atoms with Crippen LogP contribution in [0.25, 0.3) is 10.4 Å². The van der Waals surface area contributed by atoms with Crippen LogP contribution in [0.4, 0.5) is 0 Å². The van der Waals surface area contributed by atoms with E-state index in [1.54, 1.807) is 36.0 Å². The van der Waals surface area contributed by atoms with Gasteiger partial charge in [-0.05, 0) is 31.4 Å². The van der Waals surface area contributed by atoms with E-state index in [-0.39, 0.29) is 18.0 Å². The molecule has 2 aliphatic rings. The van der Waals surface area contributed by atoms with Crippen LogP contribution in [0.5, 0.6) is 0 Å². The maximum Gasteiger partial charge on any atom is 0.255 e. The van der Waals surface area contributed by atoms with Crippen molar-refractivity contribution in [1.29, 1.82) is 0 Å². The van der Waals surface area contributed by atoms with E-state index in [1.807, 2.05) is 22.5 Å². The third-order valence-electron chi connectivity index (χ3n) is 5.85. The molecule has 0 saturated carbocycles. The number of aromatic nitrogens is 4. The van der Waals surface area contributed by atoms with E-state index in [9.17, 15) is 9.90 Å². The summed E-state index contributed by atoms with van der Waals surface area (Å²) in [6.45, 7) is 0. The van der Waals surface area contributed by atoms with Crippen LogP contribution in [0.2, 0.25) is 0 Å². The van der Waals surface area contributed by atoms with Crippen LogP contribution in [0, 0.1) is 0 Å². The molecule has 0 aromatic carbocycles. The first-order chi connectivity index (χ1) is 13.6. The number of H-pyrrole nitrogens is 1. The molecule has 2 aliphatic heterocycles. The summed E-state index contributed by atoms with van der Waals surface area (Å²) >= 11 is 1.55. The molecule has 3 atom stereocenters. The Labute approximate surface area is 166 Å². The van der Waals surface area contributed by atoms with Crippen molar-refractivity contribution in [2.45, 2.75) is 49.8 Å². The summed E-state index contributed by atoms with van der Waals surface area (Å²) in [5.74, 6) is 0.522. The smallest absolute Gasteiger partial charge is 0.255 e. The Kier molecular flexibility index (Phi) is 4.25. The van der Waals surface area contributed by atoms with Crippen molar-refractivity contribution in [3.05, 3.63) is 53.7 Å². The van der Waals surface area contributed by atoms with E-state index in [0.29, 0.717) is 24.2 Å². The molecule has 144 valence electrons. The van der Waals surface area contributed by atoms with E-state index < -0.39 is 5.60 Å². The average Bonchev–Trinajstić information content (AvgIpc) is 3.39. The predicted molar refractivity (Wildman–Crippen MR) is 105 cm³/mol. The van der Waals surface area contributed by atoms with Crippen LogP contribution < -0.4 is 0 Å². The van der Waals surface area contributed by atoms with Gasteiger partial charge < -0.3 is 10.0 Å². The third-order valence-corrected chi connectivity index (χ3v) is 6.83. The maximum atomic E-state index is 13.3. The van der Waals surface area contributed by atoms with Crippen LogP contribution in [0.3, 0.4) is 0 Å². The topological polar surface area (TPSA) is 95.0 Å². The van der Waals surface area contributed by atoms with Crippen molar-refractivity contribution >= 4 is 17.2 Å². The van der Waals surface area contributed by atoms with E-state index in [1.165, 1.54) is 0 Å². The SMILES string of the molecule is O=C(c1csc(-c2cn[nH]c2)c1)N1[C@@H]2CCC[C@H]1CC(O)(c1ncccn1)C2. The van der Waals surface area contributed by atoms with E-state index in [4.69, 9.17) is 0 Å². The summed E-state index contributed by atoms with van der Waals surface area (Å²) in [7, 11) is 0. The van der Waals surface area contributed by atoms with Gasteiger partial charge in [-0.25, -0.2) is 9.97 Å². The van der Waals surface area contributed by atoms with Crippen molar-refractivity contribution in [3.8, 4) is 10.4 Å². The molecule has 2 N–H and O–H groups in total. The number of nitrogens with one attached hydrogen (secondary N) is 1. The number of carbonyl (C=O) groups excluding carboxylic acids is 1. The number of carbonyl (C=O) groups is 1. The zero-order valence-electron chi connectivity index (χ0n) is 15.3. The molecule has 0 spiro atoms. The monoisotopic (exact) mass is 395 g/mol. The first kappa shape index (κ1) is 17.5. The minimum atomic E-state index is -1.07. The highest BCUT2D eigenvalue weighted by Gasteiger charge is 2.49. The maximum absolute atomic E-state index is 13.3. The van der Waals surface area contributed by atoms with Crippen LogP contribution >= 0.6 is 11.3 Å². The number of rotatable bonds is 3. The van der Waals surface area contributed by atoms with Gasteiger partial charge in [0.1, 0.15) is 5.60 Å². The lowest BCUT2D eigenvalue weighted by Crippen LogP contribution is -2.59. The molecule has 1 amide bonds. The van der Waals surface area contributed by atoms with Gasteiger partial charge in [-0.3, -0.25) is 9.89 Å². The van der Waals surface area contributed by atoms with Gasteiger partial charge in [-0.15, -0.1) is 11.3 Å². The van der Waals surface area contributed by atoms with E-state index in [2.05, 4.69) is 20.2 Å². The highest BCUT2D eigenvalue weighted by atomic mass is 32.1. The van der Waals surface area contributed by atoms with E-state index in [0.717, 1.165) is 29.7 Å². The molecule has 2 saturated heterocycles. The van der Waals surface area contributed by atoms with Gasteiger partial charge in [0, 0.05) is 59.3 Å². The van der Waals surface area contributed by atoms with Gasteiger partial charge in [0.25, 0.3) is 5.91 Å². The van der Waals surface area contributed by atoms with Crippen LogP contribution in [0.1, 0.15) is 48.3 Å². The van der Waals surface area contributed by atoms with Crippen LogP contribution in [-0.2, 0) is 5.60 Å². The second kappa shape index (κ2) is 6.79. The number of hydrogen-bond donors (Lipinski definition) is 2. The van der Waals surface area contributed by atoms with Crippen molar-refractivity contribution in [1.82, 2.24) is 25.1 Å². The van der Waals surface area contributed by atoms with Gasteiger partial charge in [0.15, 0.2) is 5.82 Å². The van der Waals surface area contributed by atoms with Gasteiger partial charge >= 0.3 is 0 Å². The average molecular weight is 395 g/mol. The standard InChI is InChI=1S/C20H21N5O2S/c26-18(13-7-17(28-12-13)14-10-23-24-11-14)25-15-3-1-4-16(25)9-20(27,8-15)19-21-5-2-6-22-19/h2,5-7,10-12,15-16,27H,1,3-4,8-9H2,(H,23,24)/t15-,16+,20?. The zero-order chi connectivity index (χ0) is 19.1. The fourth-order valence-corrected chi connectivity index (χ4v) is 5.48. The molecule has 8 heteroatoms. The molecule has 3 aromatic rings. The normalized spacial score (nSPS) is 27.0. The minimum Gasteiger partial charge on any atom is -0.382 e. The fourth-order valence-electron chi connectivity index (χ4n) is 4.62. The number of hydrogen-bond acceptors (Lipinski definition) is 6. The Hall–Kier alpha value is -2.58. The lowest BCUT2D eigenvalue weighted by Gasteiger charge is -2.51. The molecule has 0 aliphatic carbocycles. The van der Waals surface area contributed by atoms with E-state index >= 15 is 0 Å². The Bertz CT molecular complexity index is 958. The van der Waals surface area contributed by atoms with Crippen LogP contribution in [0.15, 0.2) is 42.3 Å². The molecular formula is C20H21N5O2S. The summed E-state index contributed by atoms with van der Waals surface area (Å²) in [5.41, 5.74) is 0.627. The Morgan fingerprint density at radius 1 is 1.25 bits per heavy atom. The summed E-state index contributed by atoms with van der Waals surface area (Å²) in [6, 6.07) is 3.70. The second-order valence-electron chi connectivity index (χ2n) is 7.65. The molecule has 1 unspecified atom stereocenters. The number of thiophene rings is 1. The lowest BCUT2D eigenvalue weighted by atomic mass is 9.75. The molecular weight excluding hydrogens is 374 g/mol. The minimum absolute atomic E-state index is 0.00563. The first-order valence-electron chi connectivity index (χ1n) is 9.54. The summed E-state index contributed by atoms with van der Waals surface area (Å²) < 4.78 is 0. The fraction of sp³-hybridized carbons (Fsp3) is 0.400. The Balaban J connectivity index is 1.41. The molecule has 2 fully saturated rings. The number of fused-ring (bicyclic) bond motifs is 2. The summed E-state index contributed by atoms with van der Waals surface area (Å²) in [5, 5.41) is 20.0. The second-order valence-corrected chi connectivity index (χ2v) is 8.56. The number of piperidine rings is 2. The highest BCUT2D eigenvalue weighted by Crippen LogP contribution is 2.44. The zero-order valence-corrected chi connectivity index (χ0v) is 16.1.